The minimum absolute atomic E-state index is 0.804. The van der Waals surface area contributed by atoms with Crippen molar-refractivity contribution in [2.75, 3.05) is 0 Å². The lowest BCUT2D eigenvalue weighted by atomic mass is 9.96. The molecule has 0 aliphatic rings. The summed E-state index contributed by atoms with van der Waals surface area (Å²) in [5.41, 5.74) is 6.27. The zero-order valence-corrected chi connectivity index (χ0v) is 30.3. The molecule has 0 N–H and O–H groups in total. The van der Waals surface area contributed by atoms with Crippen LogP contribution in [0.1, 0.15) is 0 Å². The second kappa shape index (κ2) is 14.5. The Morgan fingerprint density at radius 3 is 0.692 bits per heavy atom. The molecule has 0 aliphatic carbocycles. The normalized spacial score (nSPS) is 11.6. The van der Waals surface area contributed by atoms with Crippen LogP contribution in [0.2, 0.25) is 0 Å². The van der Waals surface area contributed by atoms with Gasteiger partial charge in [-0.25, -0.2) is 0 Å². The third-order valence-electron chi connectivity index (χ3n) is 9.62. The highest BCUT2D eigenvalue weighted by atomic mass is 31.2. The van der Waals surface area contributed by atoms with Crippen molar-refractivity contribution in [2.24, 2.45) is 0 Å². The van der Waals surface area contributed by atoms with E-state index in [1.165, 1.54) is 0 Å². The molecule has 8 aromatic rings. The second-order valence-corrected chi connectivity index (χ2v) is 18.4. The topological polar surface area (TPSA) is 34.1 Å². The first-order chi connectivity index (χ1) is 25.5. The van der Waals surface area contributed by atoms with Gasteiger partial charge in [-0.2, -0.15) is 0 Å². The predicted octanol–water partition coefficient (Wildman–Crippen LogP) is 9.97. The van der Waals surface area contributed by atoms with Gasteiger partial charge < -0.3 is 9.13 Å². The minimum Gasteiger partial charge on any atom is -0.309 e. The van der Waals surface area contributed by atoms with E-state index < -0.39 is 14.3 Å². The van der Waals surface area contributed by atoms with Crippen molar-refractivity contribution >= 4 is 46.1 Å². The van der Waals surface area contributed by atoms with Gasteiger partial charge in [-0.15, -0.1) is 0 Å². The van der Waals surface area contributed by atoms with E-state index in [9.17, 15) is 0 Å². The maximum atomic E-state index is 15.1. The van der Waals surface area contributed by atoms with Crippen LogP contribution in [0.25, 0.3) is 33.4 Å². The summed E-state index contributed by atoms with van der Waals surface area (Å²) in [5.74, 6) is 0. The first kappa shape index (κ1) is 33.4. The third kappa shape index (κ3) is 6.33. The maximum Gasteiger partial charge on any atom is 0.171 e. The zero-order chi connectivity index (χ0) is 35.4. The van der Waals surface area contributed by atoms with Crippen molar-refractivity contribution in [1.29, 1.82) is 0 Å². The van der Waals surface area contributed by atoms with Gasteiger partial charge in [0.05, 0.1) is 0 Å². The molecule has 250 valence electrons. The fourth-order valence-electron chi connectivity index (χ4n) is 6.97. The zero-order valence-electron chi connectivity index (χ0n) is 28.5. The number of hydrogen-bond acceptors (Lipinski definition) is 2. The molecule has 0 saturated heterocycles. The van der Waals surface area contributed by atoms with Crippen molar-refractivity contribution < 1.29 is 9.13 Å². The van der Waals surface area contributed by atoms with Crippen LogP contribution in [0.5, 0.6) is 0 Å². The summed E-state index contributed by atoms with van der Waals surface area (Å²) in [4.78, 5) is 0. The number of rotatable bonds is 9. The molecule has 0 unspecified atom stereocenters. The number of benzene rings is 8. The van der Waals surface area contributed by atoms with E-state index in [-0.39, 0.29) is 0 Å². The van der Waals surface area contributed by atoms with Gasteiger partial charge >= 0.3 is 0 Å². The molecule has 0 aromatic heterocycles. The van der Waals surface area contributed by atoms with E-state index in [4.69, 9.17) is 0 Å². The van der Waals surface area contributed by atoms with Crippen LogP contribution in [0.4, 0.5) is 0 Å². The van der Waals surface area contributed by atoms with Crippen molar-refractivity contribution in [3.63, 3.8) is 0 Å². The smallest absolute Gasteiger partial charge is 0.171 e. The Bertz CT molecular complexity index is 2300. The van der Waals surface area contributed by atoms with E-state index in [1.54, 1.807) is 0 Å². The fraction of sp³-hybridized carbons (Fsp3) is 0. The van der Waals surface area contributed by atoms with E-state index in [2.05, 4.69) is 72.8 Å². The highest BCUT2D eigenvalue weighted by Crippen LogP contribution is 2.44. The quantitative estimate of drug-likeness (QED) is 0.140. The van der Waals surface area contributed by atoms with Crippen LogP contribution in [-0.2, 0) is 9.13 Å². The van der Waals surface area contributed by atoms with Crippen molar-refractivity contribution in [3.8, 4) is 33.4 Å². The largest absolute Gasteiger partial charge is 0.309 e. The van der Waals surface area contributed by atoms with Gasteiger partial charge in [0.15, 0.2) is 14.3 Å². The summed E-state index contributed by atoms with van der Waals surface area (Å²) in [6, 6.07) is 72.5. The van der Waals surface area contributed by atoms with E-state index >= 15 is 9.13 Å². The summed E-state index contributed by atoms with van der Waals surface area (Å²) >= 11 is 0. The van der Waals surface area contributed by atoms with Gasteiger partial charge in [0.2, 0.25) is 0 Å². The highest BCUT2D eigenvalue weighted by Gasteiger charge is 2.31. The van der Waals surface area contributed by atoms with Crippen LogP contribution < -0.4 is 31.8 Å². The Hall–Kier alpha value is -5.78. The van der Waals surface area contributed by atoms with E-state index in [0.29, 0.717) is 0 Å². The third-order valence-corrected chi connectivity index (χ3v) is 15.7. The first-order valence-corrected chi connectivity index (χ1v) is 20.8. The van der Waals surface area contributed by atoms with Crippen molar-refractivity contribution in [3.05, 3.63) is 218 Å². The van der Waals surface area contributed by atoms with Crippen molar-refractivity contribution in [2.45, 2.75) is 0 Å². The lowest BCUT2D eigenvalue weighted by Crippen LogP contribution is -2.25. The SMILES string of the molecule is O=P(c1ccccc1)(c1ccccc1)c1cccc(-c2cccc(-c3cccc(-c4cccc(P(=O)(c5ccccc5)c5ccccc5)c4)c3)c2)c1. The molecule has 0 aliphatic heterocycles. The highest BCUT2D eigenvalue weighted by molar-refractivity contribution is 7.85. The van der Waals surface area contributed by atoms with E-state index in [0.717, 1.165) is 65.2 Å². The molecule has 8 aromatic carbocycles. The van der Waals surface area contributed by atoms with Gasteiger partial charge in [0, 0.05) is 31.8 Å². The van der Waals surface area contributed by atoms with E-state index in [1.807, 2.05) is 146 Å². The first-order valence-electron chi connectivity index (χ1n) is 17.4. The molecular formula is C48H36O2P2. The maximum absolute atomic E-state index is 15.1. The van der Waals surface area contributed by atoms with Crippen LogP contribution >= 0.6 is 14.3 Å². The summed E-state index contributed by atoms with van der Waals surface area (Å²) in [5, 5.41) is 4.87. The Labute approximate surface area is 305 Å². The molecule has 0 saturated carbocycles. The van der Waals surface area contributed by atoms with Gasteiger partial charge in [-0.05, 0) is 57.6 Å². The van der Waals surface area contributed by atoms with Gasteiger partial charge in [0.1, 0.15) is 0 Å². The molecule has 52 heavy (non-hydrogen) atoms. The Morgan fingerprint density at radius 1 is 0.212 bits per heavy atom. The molecule has 8 rings (SSSR count). The monoisotopic (exact) mass is 706 g/mol. The molecule has 0 bridgehead atoms. The molecule has 2 nitrogen and oxygen atoms in total. The Morgan fingerprint density at radius 2 is 0.423 bits per heavy atom. The number of hydrogen-bond donors (Lipinski definition) is 0. The van der Waals surface area contributed by atoms with Crippen LogP contribution in [-0.4, -0.2) is 0 Å². The summed E-state index contributed by atoms with van der Waals surface area (Å²) in [7, 11) is -6.22. The summed E-state index contributed by atoms with van der Waals surface area (Å²) in [6.07, 6.45) is 0. The molecular weight excluding hydrogens is 670 g/mol. The molecule has 0 fully saturated rings. The lowest BCUT2D eigenvalue weighted by molar-refractivity contribution is 0.591. The molecule has 0 heterocycles. The van der Waals surface area contributed by atoms with Crippen LogP contribution in [0, 0.1) is 0 Å². The van der Waals surface area contributed by atoms with Crippen LogP contribution in [0.3, 0.4) is 0 Å². The molecule has 0 radical (unpaired) electrons. The standard InChI is InChI=1S/C48H36O2P2/c49-51(43-23-5-1-6-24-43,44-25-7-2-8-26-44)47-31-15-21-41(35-47)39-19-13-17-37(33-39)38-18-14-20-40(34-38)42-22-16-32-48(36-42)52(50,45-27-9-3-10-28-45)46-29-11-4-12-30-46/h1-36H. The van der Waals surface area contributed by atoms with Crippen LogP contribution in [0.15, 0.2) is 218 Å². The van der Waals surface area contributed by atoms with Gasteiger partial charge in [0.25, 0.3) is 0 Å². The Balaban J connectivity index is 1.16. The average molecular weight is 707 g/mol. The second-order valence-electron chi connectivity index (χ2n) is 12.8. The van der Waals surface area contributed by atoms with Gasteiger partial charge in [-0.1, -0.05) is 194 Å². The molecule has 0 atom stereocenters. The fourth-order valence-corrected chi connectivity index (χ4v) is 12.4. The minimum atomic E-state index is -3.11. The average Bonchev–Trinajstić information content (AvgIpc) is 3.24. The molecule has 0 spiro atoms. The Kier molecular flexibility index (Phi) is 9.27. The van der Waals surface area contributed by atoms with Crippen molar-refractivity contribution in [1.82, 2.24) is 0 Å². The molecule has 4 heteroatoms. The summed E-state index contributed by atoms with van der Waals surface area (Å²) in [6.45, 7) is 0. The van der Waals surface area contributed by atoms with Gasteiger partial charge in [-0.3, -0.25) is 0 Å². The lowest BCUT2D eigenvalue weighted by Gasteiger charge is -2.21. The molecule has 0 amide bonds. The summed E-state index contributed by atoms with van der Waals surface area (Å²) < 4.78 is 30.2. The predicted molar refractivity (Wildman–Crippen MR) is 222 cm³/mol.